The van der Waals surface area contributed by atoms with Gasteiger partial charge in [0.05, 0.1) is 0 Å². The molecule has 0 fully saturated rings. The van der Waals surface area contributed by atoms with Gasteiger partial charge in [0.25, 0.3) is 0 Å². The van der Waals surface area contributed by atoms with Crippen molar-refractivity contribution in [3.05, 3.63) is 0 Å². The van der Waals surface area contributed by atoms with E-state index in [2.05, 4.69) is 0 Å². The molecule has 8 heavy (non-hydrogen) atoms. The van der Waals surface area contributed by atoms with Crippen molar-refractivity contribution in [1.82, 2.24) is 0 Å². The van der Waals surface area contributed by atoms with Gasteiger partial charge >= 0.3 is 51.0 Å². The molecule has 0 aliphatic rings. The van der Waals surface area contributed by atoms with E-state index in [0.29, 0.717) is 0 Å². The molecule has 0 aromatic rings. The second kappa shape index (κ2) is 3.82. The van der Waals surface area contributed by atoms with E-state index in [9.17, 15) is 9.36 Å². The van der Waals surface area contributed by atoms with Gasteiger partial charge in [0, 0.05) is 0 Å². The molecule has 0 unspecified atom stereocenters. The number of hydrogen-bond acceptors (Lipinski definition) is 2. The summed E-state index contributed by atoms with van der Waals surface area (Å²) in [5, 5.41) is 7.49. The Morgan fingerprint density at radius 1 is 1.38 bits per heavy atom. The molecule has 0 aliphatic carbocycles. The zero-order valence-electron chi connectivity index (χ0n) is 3.11. The Morgan fingerprint density at radius 3 is 1.50 bits per heavy atom. The Morgan fingerprint density at radius 2 is 1.50 bits per heavy atom. The molecule has 0 radical (unpaired) electrons. The van der Waals surface area contributed by atoms with Gasteiger partial charge in [-0.1, -0.05) is 0 Å². The Hall–Kier alpha value is 0.880. The van der Waals surface area contributed by atoms with Crippen molar-refractivity contribution in [2.24, 2.45) is 0 Å². The summed E-state index contributed by atoms with van der Waals surface area (Å²) in [5.41, 5.74) is -2.09. The first-order valence-electron chi connectivity index (χ1n) is 1.23. The van der Waals surface area contributed by atoms with Crippen LogP contribution in [0.25, 0.3) is 0 Å². The number of hydrogen-bond donors (Lipinski definition) is 3. The number of carbonyl (C=O) groups is 1. The summed E-state index contributed by atoms with van der Waals surface area (Å²) in [6, 6.07) is 0. The summed E-state index contributed by atoms with van der Waals surface area (Å²) >= 11 is 0. The molecule has 7 heteroatoms. The molecular weight excluding hydrogens is 163 g/mol. The molecule has 46 valence electrons. The van der Waals surface area contributed by atoms with Gasteiger partial charge in [-0.25, -0.2) is 9.36 Å². The van der Waals surface area contributed by atoms with E-state index < -0.39 is 13.3 Å². The van der Waals surface area contributed by atoms with E-state index in [4.69, 9.17) is 14.9 Å². The van der Waals surface area contributed by atoms with Gasteiger partial charge in [-0.2, -0.15) is 0 Å². The molecule has 0 amide bonds. The van der Waals surface area contributed by atoms with Crippen molar-refractivity contribution in [2.45, 2.75) is 0 Å². The summed E-state index contributed by atoms with van der Waals surface area (Å²) in [6.07, 6.45) is 0. The van der Waals surface area contributed by atoms with Crippen LogP contribution in [0.5, 0.6) is 0 Å². The van der Waals surface area contributed by atoms with Crippen LogP contribution in [0.3, 0.4) is 0 Å². The van der Waals surface area contributed by atoms with Crippen LogP contribution in [0, 0.1) is 0 Å². The first-order valence-corrected chi connectivity index (χ1v) is 2.85. The van der Waals surface area contributed by atoms with Gasteiger partial charge in [-0.15, -0.1) is 0 Å². The predicted octanol–water partition coefficient (Wildman–Crippen LogP) is -1.07. The first-order chi connectivity index (χ1) is 2.94. The zero-order valence-corrected chi connectivity index (χ0v) is 4.00. The normalized spacial score (nSPS) is 9.75. The average molecular weight is 168 g/mol. The zero-order chi connectivity index (χ0) is 6.08. The predicted molar refractivity (Wildman–Crippen MR) is 28.6 cm³/mol. The molecular formula is CH5CaO5P. The Bertz CT molecular complexity index is 124. The summed E-state index contributed by atoms with van der Waals surface area (Å²) < 4.78 is 9.43. The summed E-state index contributed by atoms with van der Waals surface area (Å²) in [7, 11) is -4.82. The minimum atomic E-state index is -4.82. The second-order valence-electron chi connectivity index (χ2n) is 0.827. The van der Waals surface area contributed by atoms with Crippen LogP contribution >= 0.6 is 7.60 Å². The average Bonchev–Trinajstić information content (AvgIpc) is 1.31. The Balaban J connectivity index is 0. The van der Waals surface area contributed by atoms with Crippen molar-refractivity contribution >= 4 is 51.0 Å². The third-order valence-electron chi connectivity index (χ3n) is 0.249. The Labute approximate surface area is 74.9 Å². The fourth-order valence-electron chi connectivity index (χ4n) is 0. The summed E-state index contributed by atoms with van der Waals surface area (Å²) in [5.74, 6) is 0. The topological polar surface area (TPSA) is 94.8 Å². The van der Waals surface area contributed by atoms with Crippen molar-refractivity contribution in [1.29, 1.82) is 0 Å². The Kier molecular flexibility index (Phi) is 5.56. The molecule has 0 spiro atoms. The monoisotopic (exact) mass is 168 g/mol. The van der Waals surface area contributed by atoms with Gasteiger partial charge < -0.3 is 14.9 Å². The van der Waals surface area contributed by atoms with E-state index in [0.717, 1.165) is 0 Å². The molecule has 0 aromatic carbocycles. The van der Waals surface area contributed by atoms with Gasteiger partial charge in [0.1, 0.15) is 0 Å². The first kappa shape index (κ1) is 11.6. The van der Waals surface area contributed by atoms with Gasteiger partial charge in [0.15, 0.2) is 0 Å². The van der Waals surface area contributed by atoms with E-state index in [1.165, 1.54) is 0 Å². The van der Waals surface area contributed by atoms with Crippen LogP contribution in [0.1, 0.15) is 0 Å². The molecule has 0 aromatic heterocycles. The van der Waals surface area contributed by atoms with Crippen LogP contribution < -0.4 is 0 Å². The molecule has 0 saturated carbocycles. The van der Waals surface area contributed by atoms with Crippen LogP contribution in [0.4, 0.5) is 4.79 Å². The van der Waals surface area contributed by atoms with E-state index >= 15 is 0 Å². The molecule has 3 N–H and O–H groups in total. The van der Waals surface area contributed by atoms with E-state index in [1.54, 1.807) is 0 Å². The van der Waals surface area contributed by atoms with Crippen molar-refractivity contribution in [3.8, 4) is 0 Å². The number of carboxylic acid groups (broad SMARTS) is 1. The van der Waals surface area contributed by atoms with Crippen LogP contribution in [-0.2, 0) is 4.57 Å². The van der Waals surface area contributed by atoms with Gasteiger partial charge in [-0.3, -0.25) is 0 Å². The fourth-order valence-corrected chi connectivity index (χ4v) is 0. The van der Waals surface area contributed by atoms with Crippen molar-refractivity contribution in [3.63, 3.8) is 0 Å². The number of rotatable bonds is 1. The summed E-state index contributed by atoms with van der Waals surface area (Å²) in [6.45, 7) is 0. The molecule has 0 atom stereocenters. The summed E-state index contributed by atoms with van der Waals surface area (Å²) in [4.78, 5) is 24.5. The minimum absolute atomic E-state index is 0. The fraction of sp³-hybridized carbons (Fsp3) is 0. The van der Waals surface area contributed by atoms with Crippen LogP contribution in [-0.4, -0.2) is 58.3 Å². The van der Waals surface area contributed by atoms with Gasteiger partial charge in [0.2, 0.25) is 0 Å². The quantitative estimate of drug-likeness (QED) is 0.342. The van der Waals surface area contributed by atoms with Gasteiger partial charge in [-0.05, 0) is 0 Å². The molecule has 5 nitrogen and oxygen atoms in total. The molecule has 0 aliphatic heterocycles. The van der Waals surface area contributed by atoms with Crippen molar-refractivity contribution < 1.29 is 24.3 Å². The second-order valence-corrected chi connectivity index (χ2v) is 2.30. The van der Waals surface area contributed by atoms with E-state index in [1.807, 2.05) is 0 Å². The standard InChI is InChI=1S/CH3O5P.Ca.2H/c2-1(3)7(4,5)6;;;/h(H,2,3)(H2,4,5,6);;;. The van der Waals surface area contributed by atoms with Crippen LogP contribution in [0.15, 0.2) is 0 Å². The SMILES string of the molecule is O=C(O)P(=O)(O)O.[CaH2]. The third-order valence-corrected chi connectivity index (χ3v) is 0.748. The molecule has 0 bridgehead atoms. The van der Waals surface area contributed by atoms with Crippen molar-refractivity contribution in [2.75, 3.05) is 0 Å². The third kappa shape index (κ3) is 5.03. The molecule has 0 saturated heterocycles. The van der Waals surface area contributed by atoms with Crippen LogP contribution in [0.2, 0.25) is 0 Å². The van der Waals surface area contributed by atoms with E-state index in [-0.39, 0.29) is 37.7 Å². The molecule has 0 rings (SSSR count). The maximum absolute atomic E-state index is 9.43. The molecule has 0 heterocycles. The maximum atomic E-state index is 9.43.